The van der Waals surface area contributed by atoms with Crippen LogP contribution in [-0.2, 0) is 0 Å². The van der Waals surface area contributed by atoms with Crippen LogP contribution >= 0.6 is 0 Å². The lowest BCUT2D eigenvalue weighted by Crippen LogP contribution is -2.44. The molecule has 0 radical (unpaired) electrons. The molecule has 1 saturated heterocycles. The number of hydrogen-bond acceptors (Lipinski definition) is 4. The van der Waals surface area contributed by atoms with Gasteiger partial charge in [0.15, 0.2) is 11.5 Å². The average Bonchev–Trinajstić information content (AvgIpc) is 2.52. The van der Waals surface area contributed by atoms with Gasteiger partial charge in [0.1, 0.15) is 12.7 Å². The molecule has 1 aromatic rings. The maximum atomic E-state index is 10.3. The Hall–Kier alpha value is -1.52. The van der Waals surface area contributed by atoms with E-state index in [-0.39, 0.29) is 6.61 Å². The summed E-state index contributed by atoms with van der Waals surface area (Å²) in [5.41, 5.74) is 1.07. The van der Waals surface area contributed by atoms with Crippen molar-refractivity contribution in [1.82, 2.24) is 4.90 Å². The fraction of sp³-hybridized carbons (Fsp3) is 0.600. The van der Waals surface area contributed by atoms with Crippen LogP contribution in [0.2, 0.25) is 0 Å². The monoisotopic (exact) mass is 333 g/mol. The fourth-order valence-electron chi connectivity index (χ4n) is 3.58. The zero-order valence-corrected chi connectivity index (χ0v) is 15.4. The molecule has 0 saturated carbocycles. The number of methoxy groups -OCH3 is 1. The molecule has 1 fully saturated rings. The highest BCUT2D eigenvalue weighted by molar-refractivity contribution is 5.55. The van der Waals surface area contributed by atoms with E-state index >= 15 is 0 Å². The number of benzene rings is 1. The Kier molecular flexibility index (Phi) is 7.13. The van der Waals surface area contributed by atoms with Crippen LogP contribution in [0, 0.1) is 11.8 Å². The van der Waals surface area contributed by atoms with Crippen LogP contribution in [-0.4, -0.2) is 49.5 Å². The van der Waals surface area contributed by atoms with Gasteiger partial charge in [-0.3, -0.25) is 0 Å². The van der Waals surface area contributed by atoms with Crippen molar-refractivity contribution in [3.05, 3.63) is 29.8 Å². The summed E-state index contributed by atoms with van der Waals surface area (Å²) in [5.74, 6) is 2.76. The zero-order valence-electron chi connectivity index (χ0n) is 15.4. The van der Waals surface area contributed by atoms with E-state index in [4.69, 9.17) is 9.47 Å². The second-order valence-electron chi connectivity index (χ2n) is 7.04. The molecule has 0 aliphatic carbocycles. The molecule has 0 aromatic heterocycles. The highest BCUT2D eigenvalue weighted by Crippen LogP contribution is 2.29. The maximum Gasteiger partial charge on any atom is 0.161 e. The number of rotatable bonds is 7. The second-order valence-corrected chi connectivity index (χ2v) is 7.04. The first-order chi connectivity index (χ1) is 11.5. The molecular formula is C20H31NO3. The third kappa shape index (κ3) is 5.53. The van der Waals surface area contributed by atoms with Crippen molar-refractivity contribution in [2.75, 3.05) is 33.4 Å². The molecular weight excluding hydrogens is 302 g/mol. The van der Waals surface area contributed by atoms with Crippen molar-refractivity contribution in [2.24, 2.45) is 11.8 Å². The minimum Gasteiger partial charge on any atom is -0.493 e. The van der Waals surface area contributed by atoms with Crippen molar-refractivity contribution < 1.29 is 14.6 Å². The van der Waals surface area contributed by atoms with Crippen LogP contribution in [0.25, 0.3) is 6.08 Å². The quantitative estimate of drug-likeness (QED) is 0.830. The standard InChI is InChI=1S/C20H31NO3/c1-5-6-17-7-8-19(20(10-17)23-4)24-14-18(22)13-21-11-15(2)9-16(3)12-21/h5-8,10,15-16,18,22H,9,11-14H2,1-4H3/b6-5+. The van der Waals surface area contributed by atoms with Crippen LogP contribution in [0.15, 0.2) is 24.3 Å². The topological polar surface area (TPSA) is 41.9 Å². The Balaban J connectivity index is 1.88. The molecule has 3 unspecified atom stereocenters. The molecule has 4 heteroatoms. The largest absolute Gasteiger partial charge is 0.493 e. The van der Waals surface area contributed by atoms with Gasteiger partial charge in [0.2, 0.25) is 0 Å². The number of hydrogen-bond donors (Lipinski definition) is 1. The van der Waals surface area contributed by atoms with E-state index in [0.29, 0.717) is 29.9 Å². The third-order valence-corrected chi connectivity index (χ3v) is 4.39. The number of likely N-dealkylation sites (tertiary alicyclic amines) is 1. The van der Waals surface area contributed by atoms with Gasteiger partial charge in [-0.15, -0.1) is 0 Å². The summed E-state index contributed by atoms with van der Waals surface area (Å²) in [4.78, 5) is 2.35. The minimum absolute atomic E-state index is 0.276. The Morgan fingerprint density at radius 2 is 1.96 bits per heavy atom. The number of piperidine rings is 1. The van der Waals surface area contributed by atoms with Gasteiger partial charge in [0, 0.05) is 19.6 Å². The van der Waals surface area contributed by atoms with Gasteiger partial charge in [-0.05, 0) is 42.9 Å². The van der Waals surface area contributed by atoms with Crippen molar-refractivity contribution in [3.63, 3.8) is 0 Å². The van der Waals surface area contributed by atoms with Crippen molar-refractivity contribution in [3.8, 4) is 11.5 Å². The van der Waals surface area contributed by atoms with E-state index in [1.165, 1.54) is 6.42 Å². The first-order valence-electron chi connectivity index (χ1n) is 8.85. The van der Waals surface area contributed by atoms with Gasteiger partial charge < -0.3 is 19.5 Å². The Morgan fingerprint density at radius 3 is 2.58 bits per heavy atom. The number of nitrogens with zero attached hydrogens (tertiary/aromatic N) is 1. The molecule has 0 spiro atoms. The van der Waals surface area contributed by atoms with Crippen LogP contribution in [0.3, 0.4) is 0 Å². The molecule has 1 heterocycles. The van der Waals surface area contributed by atoms with E-state index < -0.39 is 6.10 Å². The van der Waals surface area contributed by atoms with E-state index in [1.807, 2.05) is 37.3 Å². The molecule has 1 aliphatic heterocycles. The van der Waals surface area contributed by atoms with Crippen LogP contribution in [0.1, 0.15) is 32.8 Å². The fourth-order valence-corrected chi connectivity index (χ4v) is 3.58. The Labute approximate surface area is 146 Å². The van der Waals surface area contributed by atoms with Gasteiger partial charge in [-0.1, -0.05) is 32.1 Å². The van der Waals surface area contributed by atoms with E-state index in [9.17, 15) is 5.11 Å². The molecule has 0 amide bonds. The molecule has 134 valence electrons. The van der Waals surface area contributed by atoms with Crippen LogP contribution < -0.4 is 9.47 Å². The average molecular weight is 333 g/mol. The molecule has 1 N–H and O–H groups in total. The van der Waals surface area contributed by atoms with Crippen molar-refractivity contribution >= 4 is 6.08 Å². The normalized spacial score (nSPS) is 23.4. The number of ether oxygens (including phenoxy) is 2. The lowest BCUT2D eigenvalue weighted by molar-refractivity contribution is 0.0423. The number of β-amino-alcohol motifs (C(OH)–C–C–N with tert-alkyl or cyclic N) is 1. The van der Waals surface area contributed by atoms with Gasteiger partial charge in [-0.2, -0.15) is 0 Å². The van der Waals surface area contributed by atoms with Crippen LogP contribution in [0.4, 0.5) is 0 Å². The summed E-state index contributed by atoms with van der Waals surface area (Å²) in [5, 5.41) is 10.3. The number of aliphatic hydroxyl groups excluding tert-OH is 1. The maximum absolute atomic E-state index is 10.3. The molecule has 3 atom stereocenters. The third-order valence-electron chi connectivity index (χ3n) is 4.39. The molecule has 1 aliphatic rings. The summed E-state index contributed by atoms with van der Waals surface area (Å²) in [6, 6.07) is 5.82. The summed E-state index contributed by atoms with van der Waals surface area (Å²) >= 11 is 0. The van der Waals surface area contributed by atoms with E-state index in [0.717, 1.165) is 18.7 Å². The predicted molar refractivity (Wildman–Crippen MR) is 98.6 cm³/mol. The number of aliphatic hydroxyl groups is 1. The summed E-state index contributed by atoms with van der Waals surface area (Å²) < 4.78 is 11.2. The highest BCUT2D eigenvalue weighted by Gasteiger charge is 2.23. The first-order valence-corrected chi connectivity index (χ1v) is 8.85. The lowest BCUT2D eigenvalue weighted by Gasteiger charge is -2.35. The molecule has 2 rings (SSSR count). The summed E-state index contributed by atoms with van der Waals surface area (Å²) in [7, 11) is 1.63. The van der Waals surface area contributed by atoms with Gasteiger partial charge in [0.25, 0.3) is 0 Å². The van der Waals surface area contributed by atoms with E-state index in [1.54, 1.807) is 7.11 Å². The molecule has 0 bridgehead atoms. The Bertz CT molecular complexity index is 534. The van der Waals surface area contributed by atoms with Crippen LogP contribution in [0.5, 0.6) is 11.5 Å². The van der Waals surface area contributed by atoms with Crippen molar-refractivity contribution in [2.45, 2.75) is 33.3 Å². The van der Waals surface area contributed by atoms with Crippen molar-refractivity contribution in [1.29, 1.82) is 0 Å². The van der Waals surface area contributed by atoms with Gasteiger partial charge in [0.05, 0.1) is 7.11 Å². The Morgan fingerprint density at radius 1 is 1.25 bits per heavy atom. The zero-order chi connectivity index (χ0) is 17.5. The van der Waals surface area contributed by atoms with Gasteiger partial charge >= 0.3 is 0 Å². The second kappa shape index (κ2) is 9.09. The predicted octanol–water partition coefficient (Wildman–Crippen LogP) is 3.45. The lowest BCUT2D eigenvalue weighted by atomic mass is 9.92. The molecule has 1 aromatic carbocycles. The highest BCUT2D eigenvalue weighted by atomic mass is 16.5. The minimum atomic E-state index is -0.498. The number of allylic oxidation sites excluding steroid dienone is 1. The smallest absolute Gasteiger partial charge is 0.161 e. The summed E-state index contributed by atoms with van der Waals surface area (Å²) in [6.45, 7) is 9.60. The molecule has 24 heavy (non-hydrogen) atoms. The van der Waals surface area contributed by atoms with Gasteiger partial charge in [-0.25, -0.2) is 0 Å². The summed E-state index contributed by atoms with van der Waals surface area (Å²) in [6.07, 6.45) is 4.78. The first kappa shape index (κ1) is 18.8. The van der Waals surface area contributed by atoms with E-state index in [2.05, 4.69) is 18.7 Å². The SMILES string of the molecule is C/C=C/c1ccc(OCC(O)CN2CC(C)CC(C)C2)c(OC)c1. The molecule has 4 nitrogen and oxygen atoms in total.